The summed E-state index contributed by atoms with van der Waals surface area (Å²) in [6.45, 7) is 2.39. The van der Waals surface area contributed by atoms with Crippen LogP contribution >= 0.6 is 7.82 Å². The SMILES string of the molecule is CCOP(=O)(OC)OCC1C=C=CC1. The summed E-state index contributed by atoms with van der Waals surface area (Å²) >= 11 is 0. The second-order valence-corrected chi connectivity index (χ2v) is 4.65. The molecular formula is C9H15O4P. The summed E-state index contributed by atoms with van der Waals surface area (Å²) in [5, 5.41) is 0. The van der Waals surface area contributed by atoms with Crippen molar-refractivity contribution in [2.24, 2.45) is 5.92 Å². The summed E-state index contributed by atoms with van der Waals surface area (Å²) in [7, 11) is -2.00. The first-order valence-corrected chi connectivity index (χ1v) is 6.02. The Bertz CT molecular complexity index is 281. The fourth-order valence-electron chi connectivity index (χ4n) is 1.10. The third-order valence-electron chi connectivity index (χ3n) is 1.83. The van der Waals surface area contributed by atoms with E-state index in [1.807, 2.05) is 12.2 Å². The molecule has 0 saturated carbocycles. The van der Waals surface area contributed by atoms with Gasteiger partial charge in [0.05, 0.1) is 13.2 Å². The monoisotopic (exact) mass is 218 g/mol. The Labute approximate surface area is 84.2 Å². The average Bonchev–Trinajstić information content (AvgIpc) is 2.68. The molecule has 4 nitrogen and oxygen atoms in total. The van der Waals surface area contributed by atoms with Gasteiger partial charge in [0.1, 0.15) is 0 Å². The molecule has 80 valence electrons. The highest BCUT2D eigenvalue weighted by molar-refractivity contribution is 7.48. The molecule has 0 aromatic heterocycles. The molecule has 1 aliphatic carbocycles. The van der Waals surface area contributed by atoms with Gasteiger partial charge in [0.25, 0.3) is 0 Å². The van der Waals surface area contributed by atoms with Crippen molar-refractivity contribution >= 4 is 7.82 Å². The van der Waals surface area contributed by atoms with Gasteiger partial charge < -0.3 is 0 Å². The van der Waals surface area contributed by atoms with Gasteiger partial charge in [0, 0.05) is 13.0 Å². The van der Waals surface area contributed by atoms with E-state index in [-0.39, 0.29) is 5.92 Å². The minimum absolute atomic E-state index is 0.235. The van der Waals surface area contributed by atoms with E-state index in [1.165, 1.54) is 7.11 Å². The van der Waals surface area contributed by atoms with E-state index < -0.39 is 7.82 Å². The third kappa shape index (κ3) is 3.41. The summed E-state index contributed by atoms with van der Waals surface area (Å²) in [5.74, 6) is 0.235. The highest BCUT2D eigenvalue weighted by atomic mass is 31.2. The standard InChI is InChI=1S/C9H15O4P/c1-3-12-14(10,11-2)13-8-9-6-4-5-7-9/h4,7,9H,3,6,8H2,1-2H3. The fourth-order valence-corrected chi connectivity index (χ4v) is 2.07. The predicted octanol–water partition coefficient (Wildman–Crippen LogP) is 2.53. The summed E-state index contributed by atoms with van der Waals surface area (Å²) in [4.78, 5) is 0. The van der Waals surface area contributed by atoms with Crippen molar-refractivity contribution in [1.29, 1.82) is 0 Å². The lowest BCUT2D eigenvalue weighted by Crippen LogP contribution is -2.06. The highest BCUT2D eigenvalue weighted by Gasteiger charge is 2.25. The van der Waals surface area contributed by atoms with Crippen molar-refractivity contribution in [2.45, 2.75) is 13.3 Å². The van der Waals surface area contributed by atoms with Crippen LogP contribution in [0.5, 0.6) is 0 Å². The number of rotatable bonds is 6. The van der Waals surface area contributed by atoms with Crippen LogP contribution in [0.2, 0.25) is 0 Å². The maximum Gasteiger partial charge on any atom is 0.474 e. The fraction of sp³-hybridized carbons (Fsp3) is 0.667. The molecule has 0 bridgehead atoms. The molecule has 0 spiro atoms. The Kier molecular flexibility index (Phi) is 4.59. The summed E-state index contributed by atoms with van der Waals surface area (Å²) in [5.41, 5.74) is 2.96. The molecular weight excluding hydrogens is 203 g/mol. The summed E-state index contributed by atoms with van der Waals surface area (Å²) in [6, 6.07) is 0. The van der Waals surface area contributed by atoms with Crippen LogP contribution in [-0.4, -0.2) is 20.3 Å². The minimum atomic E-state index is -3.31. The molecule has 0 fully saturated rings. The van der Waals surface area contributed by atoms with Crippen molar-refractivity contribution in [3.8, 4) is 0 Å². The van der Waals surface area contributed by atoms with Crippen molar-refractivity contribution in [3.63, 3.8) is 0 Å². The Morgan fingerprint density at radius 3 is 2.86 bits per heavy atom. The Morgan fingerprint density at radius 1 is 1.57 bits per heavy atom. The van der Waals surface area contributed by atoms with E-state index in [2.05, 4.69) is 5.73 Å². The Morgan fingerprint density at radius 2 is 2.36 bits per heavy atom. The van der Waals surface area contributed by atoms with Gasteiger partial charge in [-0.2, -0.15) is 0 Å². The lowest BCUT2D eigenvalue weighted by molar-refractivity contribution is 0.127. The van der Waals surface area contributed by atoms with Gasteiger partial charge in [-0.25, -0.2) is 4.57 Å². The van der Waals surface area contributed by atoms with Gasteiger partial charge >= 0.3 is 7.82 Å². The van der Waals surface area contributed by atoms with E-state index in [9.17, 15) is 4.57 Å². The van der Waals surface area contributed by atoms with Crippen molar-refractivity contribution < 1.29 is 18.1 Å². The number of phosphoric ester groups is 1. The van der Waals surface area contributed by atoms with Crippen molar-refractivity contribution in [3.05, 3.63) is 17.9 Å². The van der Waals surface area contributed by atoms with Crippen LogP contribution in [0.1, 0.15) is 13.3 Å². The first kappa shape index (κ1) is 11.7. The van der Waals surface area contributed by atoms with Crippen LogP contribution in [-0.2, 0) is 18.1 Å². The van der Waals surface area contributed by atoms with Crippen LogP contribution in [0.3, 0.4) is 0 Å². The van der Waals surface area contributed by atoms with E-state index in [0.29, 0.717) is 13.2 Å². The first-order valence-electron chi connectivity index (χ1n) is 4.56. The van der Waals surface area contributed by atoms with Crippen molar-refractivity contribution in [2.75, 3.05) is 20.3 Å². The molecule has 0 aliphatic heterocycles. The zero-order chi connectivity index (χ0) is 10.4. The zero-order valence-electron chi connectivity index (χ0n) is 8.43. The van der Waals surface area contributed by atoms with Crippen LogP contribution in [0.25, 0.3) is 0 Å². The number of hydrogen-bond donors (Lipinski definition) is 0. The van der Waals surface area contributed by atoms with E-state index in [4.69, 9.17) is 13.6 Å². The zero-order valence-corrected chi connectivity index (χ0v) is 9.33. The normalized spacial score (nSPS) is 24.0. The second-order valence-electron chi connectivity index (χ2n) is 2.88. The molecule has 0 aromatic carbocycles. The maximum atomic E-state index is 11.6. The Hall–Kier alpha value is -0.370. The molecule has 0 radical (unpaired) electrons. The second kappa shape index (κ2) is 5.50. The van der Waals surface area contributed by atoms with Gasteiger partial charge in [-0.05, 0) is 25.5 Å². The third-order valence-corrected chi connectivity index (χ3v) is 3.31. The van der Waals surface area contributed by atoms with Gasteiger partial charge in [-0.3, -0.25) is 13.6 Å². The highest BCUT2D eigenvalue weighted by Crippen LogP contribution is 2.48. The quantitative estimate of drug-likeness (QED) is 0.507. The molecule has 14 heavy (non-hydrogen) atoms. The lowest BCUT2D eigenvalue weighted by atomic mass is 10.1. The molecule has 0 heterocycles. The molecule has 2 atom stereocenters. The molecule has 2 unspecified atom stereocenters. The van der Waals surface area contributed by atoms with E-state index in [0.717, 1.165) is 6.42 Å². The van der Waals surface area contributed by atoms with Gasteiger partial charge in [0.15, 0.2) is 0 Å². The molecule has 0 N–H and O–H groups in total. The topological polar surface area (TPSA) is 44.8 Å². The molecule has 0 aromatic rings. The smallest absolute Gasteiger partial charge is 0.290 e. The van der Waals surface area contributed by atoms with Gasteiger partial charge in [-0.1, -0.05) is 0 Å². The van der Waals surface area contributed by atoms with Gasteiger partial charge in [-0.15, -0.1) is 5.73 Å². The lowest BCUT2D eigenvalue weighted by Gasteiger charge is -2.16. The van der Waals surface area contributed by atoms with Crippen LogP contribution in [0, 0.1) is 5.92 Å². The molecule has 1 aliphatic rings. The van der Waals surface area contributed by atoms with Crippen LogP contribution in [0.15, 0.2) is 17.9 Å². The largest absolute Gasteiger partial charge is 0.474 e. The molecule has 5 heteroatoms. The predicted molar refractivity (Wildman–Crippen MR) is 53.0 cm³/mol. The Balaban J connectivity index is 2.33. The van der Waals surface area contributed by atoms with E-state index >= 15 is 0 Å². The van der Waals surface area contributed by atoms with Gasteiger partial charge in [0.2, 0.25) is 0 Å². The molecule has 0 amide bonds. The van der Waals surface area contributed by atoms with Crippen LogP contribution < -0.4 is 0 Å². The number of phosphoric acid groups is 1. The molecule has 1 rings (SSSR count). The molecule has 0 saturated heterocycles. The minimum Gasteiger partial charge on any atom is -0.290 e. The summed E-state index contributed by atoms with van der Waals surface area (Å²) < 4.78 is 26.4. The first-order chi connectivity index (χ1) is 6.70. The average molecular weight is 218 g/mol. The van der Waals surface area contributed by atoms with Crippen molar-refractivity contribution in [1.82, 2.24) is 0 Å². The van der Waals surface area contributed by atoms with Crippen LogP contribution in [0.4, 0.5) is 0 Å². The number of hydrogen-bond acceptors (Lipinski definition) is 4. The maximum absolute atomic E-state index is 11.6. The summed E-state index contributed by atoms with van der Waals surface area (Å²) in [6.07, 6.45) is 4.69. The van der Waals surface area contributed by atoms with E-state index in [1.54, 1.807) is 6.92 Å².